The Morgan fingerprint density at radius 2 is 1.58 bits per heavy atom. The summed E-state index contributed by atoms with van der Waals surface area (Å²) < 4.78 is 0. The third-order valence-corrected chi connectivity index (χ3v) is 9.72. The maximum absolute atomic E-state index is 2.85. The molecule has 0 aromatic heterocycles. The van der Waals surface area contributed by atoms with E-state index in [4.69, 9.17) is 0 Å². The van der Waals surface area contributed by atoms with Gasteiger partial charge in [0, 0.05) is 57.4 Å². The molecule has 3 atom stereocenters. The average molecular weight is 586 g/mol. The fraction of sp³-hybridized carbons (Fsp3) is 0.579. The summed E-state index contributed by atoms with van der Waals surface area (Å²) in [6, 6.07) is 24.4. The van der Waals surface area contributed by atoms with Crippen LogP contribution in [0.5, 0.6) is 0 Å². The van der Waals surface area contributed by atoms with E-state index < -0.39 is 0 Å². The van der Waals surface area contributed by atoms with Crippen molar-refractivity contribution in [2.24, 2.45) is 0 Å². The molecule has 43 heavy (non-hydrogen) atoms. The highest BCUT2D eigenvalue weighted by molar-refractivity contribution is 5.82. The van der Waals surface area contributed by atoms with Crippen molar-refractivity contribution in [1.82, 2.24) is 24.5 Å². The molecule has 236 valence electrons. The van der Waals surface area contributed by atoms with Crippen LogP contribution in [0, 0.1) is 13.8 Å². The van der Waals surface area contributed by atoms with E-state index in [-0.39, 0.29) is 0 Å². The van der Waals surface area contributed by atoms with Gasteiger partial charge in [0.15, 0.2) is 0 Å². The monoisotopic (exact) mass is 585 g/mol. The molecule has 1 saturated heterocycles. The second-order valence-corrected chi connectivity index (χ2v) is 13.9. The van der Waals surface area contributed by atoms with E-state index in [1.165, 1.54) is 59.0 Å². The van der Waals surface area contributed by atoms with Gasteiger partial charge >= 0.3 is 0 Å². The average Bonchev–Trinajstić information content (AvgIpc) is 2.97. The van der Waals surface area contributed by atoms with E-state index in [1.807, 2.05) is 0 Å². The summed E-state index contributed by atoms with van der Waals surface area (Å²) in [6.07, 6.45) is 4.73. The van der Waals surface area contributed by atoms with Crippen LogP contribution in [0.3, 0.4) is 0 Å². The smallest absolute Gasteiger partial charge is 0.0257 e. The van der Waals surface area contributed by atoms with Gasteiger partial charge in [-0.1, -0.05) is 66.2 Å². The van der Waals surface area contributed by atoms with Gasteiger partial charge < -0.3 is 14.7 Å². The molecule has 1 fully saturated rings. The molecule has 0 spiro atoms. The lowest BCUT2D eigenvalue weighted by Crippen LogP contribution is -2.60. The predicted molar refractivity (Wildman–Crippen MR) is 186 cm³/mol. The zero-order chi connectivity index (χ0) is 30.9. The third-order valence-electron chi connectivity index (χ3n) is 9.72. The fourth-order valence-corrected chi connectivity index (χ4v) is 6.74. The summed E-state index contributed by atoms with van der Waals surface area (Å²) in [5.41, 5.74) is 5.72. The van der Waals surface area contributed by atoms with Gasteiger partial charge in [-0.2, -0.15) is 0 Å². The first-order chi connectivity index (χ1) is 20.6. The molecule has 0 N–H and O–H groups in total. The Hall–Kier alpha value is -2.28. The van der Waals surface area contributed by atoms with Crippen LogP contribution in [0.1, 0.15) is 42.0 Å². The number of fused-ring (bicyclic) bond motifs is 1. The zero-order valence-electron chi connectivity index (χ0n) is 28.5. The number of hydrogen-bond donors (Lipinski definition) is 0. The first-order valence-corrected chi connectivity index (χ1v) is 16.6. The van der Waals surface area contributed by atoms with Crippen LogP contribution in [-0.4, -0.2) is 124 Å². The van der Waals surface area contributed by atoms with Crippen molar-refractivity contribution in [3.63, 3.8) is 0 Å². The summed E-state index contributed by atoms with van der Waals surface area (Å²) in [5, 5.41) is 2.69. The van der Waals surface area contributed by atoms with E-state index >= 15 is 0 Å². The number of nitrogens with zero attached hydrogens (tertiary/aromatic N) is 5. The topological polar surface area (TPSA) is 16.2 Å². The van der Waals surface area contributed by atoms with E-state index in [1.54, 1.807) is 0 Å². The van der Waals surface area contributed by atoms with Crippen molar-refractivity contribution in [1.29, 1.82) is 0 Å². The molecule has 5 nitrogen and oxygen atoms in total. The van der Waals surface area contributed by atoms with E-state index in [9.17, 15) is 0 Å². The Morgan fingerprint density at radius 3 is 2.30 bits per heavy atom. The lowest BCUT2D eigenvalue weighted by molar-refractivity contribution is 0.0166. The Morgan fingerprint density at radius 1 is 0.814 bits per heavy atom. The highest BCUT2D eigenvalue weighted by Crippen LogP contribution is 2.23. The van der Waals surface area contributed by atoms with Crippen molar-refractivity contribution in [2.75, 3.05) is 81.1 Å². The summed E-state index contributed by atoms with van der Waals surface area (Å²) >= 11 is 0. The molecular weight excluding hydrogens is 526 g/mol. The second kappa shape index (κ2) is 16.2. The molecule has 1 aliphatic rings. The van der Waals surface area contributed by atoms with E-state index in [0.29, 0.717) is 18.1 Å². The SMILES string of the molecule is Cc1ccc(CC(CN2C[C@@H](C)N(CCc3ccc4ccccc4c3)C[C@@H]2CCCN(C)CCN(C)C)N(C)C)c(C)c1. The van der Waals surface area contributed by atoms with Crippen LogP contribution in [0.25, 0.3) is 10.8 Å². The molecule has 0 radical (unpaired) electrons. The highest BCUT2D eigenvalue weighted by atomic mass is 15.3. The minimum Gasteiger partial charge on any atom is -0.308 e. The largest absolute Gasteiger partial charge is 0.308 e. The van der Waals surface area contributed by atoms with Crippen molar-refractivity contribution in [3.8, 4) is 0 Å². The molecule has 0 bridgehead atoms. The van der Waals surface area contributed by atoms with Gasteiger partial charge in [-0.15, -0.1) is 0 Å². The van der Waals surface area contributed by atoms with Crippen LogP contribution in [0.4, 0.5) is 0 Å². The molecule has 1 unspecified atom stereocenters. The van der Waals surface area contributed by atoms with Gasteiger partial charge in [-0.05, 0) is 116 Å². The Balaban J connectivity index is 1.43. The van der Waals surface area contributed by atoms with E-state index in [0.717, 1.165) is 45.6 Å². The van der Waals surface area contributed by atoms with Gasteiger partial charge in [-0.25, -0.2) is 0 Å². The molecule has 3 aromatic rings. The van der Waals surface area contributed by atoms with Crippen molar-refractivity contribution < 1.29 is 0 Å². The lowest BCUT2D eigenvalue weighted by Gasteiger charge is -2.47. The molecule has 0 aliphatic carbocycles. The highest BCUT2D eigenvalue weighted by Gasteiger charge is 2.33. The van der Waals surface area contributed by atoms with E-state index in [2.05, 4.69) is 141 Å². The minimum atomic E-state index is 0.503. The number of benzene rings is 3. The van der Waals surface area contributed by atoms with Crippen LogP contribution in [-0.2, 0) is 12.8 Å². The maximum atomic E-state index is 2.85. The maximum Gasteiger partial charge on any atom is 0.0257 e. The summed E-state index contributed by atoms with van der Waals surface area (Å²) in [4.78, 5) is 12.9. The van der Waals surface area contributed by atoms with Crippen LogP contribution in [0.15, 0.2) is 60.7 Å². The Labute approximate surface area is 263 Å². The van der Waals surface area contributed by atoms with Gasteiger partial charge in [-0.3, -0.25) is 9.80 Å². The summed E-state index contributed by atoms with van der Waals surface area (Å²) in [5.74, 6) is 0. The van der Waals surface area contributed by atoms with Crippen molar-refractivity contribution >= 4 is 10.8 Å². The summed E-state index contributed by atoms with van der Waals surface area (Å²) in [6.45, 7) is 14.9. The number of hydrogen-bond acceptors (Lipinski definition) is 5. The molecule has 0 amide bonds. The van der Waals surface area contributed by atoms with Gasteiger partial charge in [0.25, 0.3) is 0 Å². The van der Waals surface area contributed by atoms with Crippen LogP contribution >= 0.6 is 0 Å². The minimum absolute atomic E-state index is 0.503. The number of aryl methyl sites for hydroxylation is 2. The first kappa shape index (κ1) is 33.6. The van der Waals surface area contributed by atoms with Gasteiger partial charge in [0.05, 0.1) is 0 Å². The molecular formula is C38H59N5. The standard InChI is InChI=1S/C38H59N5/c1-30-15-17-35(31(2)24-30)26-38(40(6)7)29-43-27-32(3)42(28-37(43)14-11-20-41(8)23-22-39(4)5)21-19-33-16-18-34-12-9-10-13-36(34)25-33/h9-10,12-13,15-18,24-25,32,37-38H,11,14,19-23,26-29H2,1-8H3/t32-,37+,38?/m1/s1. The molecule has 1 heterocycles. The van der Waals surface area contributed by atoms with Crippen LogP contribution in [0.2, 0.25) is 0 Å². The molecule has 4 rings (SSSR count). The molecule has 0 saturated carbocycles. The zero-order valence-corrected chi connectivity index (χ0v) is 28.5. The lowest BCUT2D eigenvalue weighted by atomic mass is 9.96. The quantitative estimate of drug-likeness (QED) is 0.223. The summed E-state index contributed by atoms with van der Waals surface area (Å²) in [7, 11) is 11.2. The second-order valence-electron chi connectivity index (χ2n) is 13.9. The number of likely N-dealkylation sites (N-methyl/N-ethyl adjacent to an activating group) is 3. The number of rotatable bonds is 15. The molecule has 5 heteroatoms. The first-order valence-electron chi connectivity index (χ1n) is 16.6. The Kier molecular flexibility index (Phi) is 12.6. The predicted octanol–water partition coefficient (Wildman–Crippen LogP) is 5.82. The van der Waals surface area contributed by atoms with Gasteiger partial charge in [0.1, 0.15) is 0 Å². The molecule has 1 aliphatic heterocycles. The van der Waals surface area contributed by atoms with Crippen molar-refractivity contribution in [3.05, 3.63) is 82.9 Å². The van der Waals surface area contributed by atoms with Gasteiger partial charge in [0.2, 0.25) is 0 Å². The third kappa shape index (κ3) is 10.1. The normalized spacial score (nSPS) is 19.2. The molecule has 3 aromatic carbocycles. The Bertz CT molecular complexity index is 1270. The van der Waals surface area contributed by atoms with Crippen LogP contribution < -0.4 is 0 Å². The number of piperazine rings is 1. The fourth-order valence-electron chi connectivity index (χ4n) is 6.74. The van der Waals surface area contributed by atoms with Crippen molar-refractivity contribution in [2.45, 2.75) is 64.6 Å².